The molecule has 8 nitrogen and oxygen atoms in total. The van der Waals surface area contributed by atoms with Gasteiger partial charge < -0.3 is 14.2 Å². The van der Waals surface area contributed by atoms with E-state index in [1.54, 1.807) is 12.1 Å². The van der Waals surface area contributed by atoms with Crippen molar-refractivity contribution in [2.24, 2.45) is 0 Å². The van der Waals surface area contributed by atoms with Crippen LogP contribution in [0.25, 0.3) is 0 Å². The van der Waals surface area contributed by atoms with Crippen molar-refractivity contribution in [2.75, 3.05) is 13.2 Å². The van der Waals surface area contributed by atoms with Crippen molar-refractivity contribution in [3.63, 3.8) is 0 Å². The number of hydrogen-bond acceptors (Lipinski definition) is 7. The summed E-state index contributed by atoms with van der Waals surface area (Å²) in [6.07, 6.45) is 2.93. The standard InChI is InChI=1S/C23H18FNO7/c1-15(24)22(28)31-18-7-9-19(10-8-18)32-23(29)16-3-5-17(6-4-16)30-14-2-13-25-20(26)11-12-21(25)27/h3-12H,1-2,13-14H2. The number of carbonyl (C=O) groups is 4. The molecule has 0 bridgehead atoms. The van der Waals surface area contributed by atoms with Crippen molar-refractivity contribution in [1.82, 2.24) is 4.90 Å². The zero-order valence-electron chi connectivity index (χ0n) is 16.8. The van der Waals surface area contributed by atoms with E-state index in [1.165, 1.54) is 48.6 Å². The zero-order chi connectivity index (χ0) is 23.1. The van der Waals surface area contributed by atoms with Crippen LogP contribution in [0.5, 0.6) is 17.2 Å². The Labute approximate surface area is 182 Å². The summed E-state index contributed by atoms with van der Waals surface area (Å²) in [5.74, 6) is -2.91. The van der Waals surface area contributed by atoms with E-state index in [2.05, 4.69) is 6.58 Å². The van der Waals surface area contributed by atoms with Crippen molar-refractivity contribution < 1.29 is 37.8 Å². The highest BCUT2D eigenvalue weighted by Gasteiger charge is 2.22. The van der Waals surface area contributed by atoms with E-state index in [0.29, 0.717) is 12.2 Å². The summed E-state index contributed by atoms with van der Waals surface area (Å²) in [6.45, 7) is 3.39. The van der Waals surface area contributed by atoms with E-state index >= 15 is 0 Å². The van der Waals surface area contributed by atoms with Gasteiger partial charge in [-0.2, -0.15) is 4.39 Å². The highest BCUT2D eigenvalue weighted by Crippen LogP contribution is 2.20. The predicted molar refractivity (Wildman–Crippen MR) is 110 cm³/mol. The maximum Gasteiger partial charge on any atom is 0.371 e. The largest absolute Gasteiger partial charge is 0.494 e. The molecule has 0 spiro atoms. The summed E-state index contributed by atoms with van der Waals surface area (Å²) in [6, 6.07) is 11.7. The molecule has 164 valence electrons. The van der Waals surface area contributed by atoms with E-state index in [1.807, 2.05) is 0 Å². The molecule has 0 aliphatic carbocycles. The van der Waals surface area contributed by atoms with Crippen LogP contribution in [-0.2, 0) is 14.4 Å². The van der Waals surface area contributed by atoms with Crippen molar-refractivity contribution in [2.45, 2.75) is 6.42 Å². The quantitative estimate of drug-likeness (QED) is 0.195. The number of esters is 2. The number of amides is 2. The lowest BCUT2D eigenvalue weighted by Crippen LogP contribution is -2.31. The Morgan fingerprint density at radius 3 is 1.94 bits per heavy atom. The Hall–Kier alpha value is -4.27. The second kappa shape index (κ2) is 10.2. The molecule has 0 radical (unpaired) electrons. The van der Waals surface area contributed by atoms with E-state index in [-0.39, 0.29) is 42.0 Å². The first-order valence-corrected chi connectivity index (χ1v) is 9.49. The lowest BCUT2D eigenvalue weighted by Gasteiger charge is -2.13. The van der Waals surface area contributed by atoms with E-state index < -0.39 is 17.8 Å². The van der Waals surface area contributed by atoms with Gasteiger partial charge in [-0.3, -0.25) is 14.5 Å². The third-order valence-electron chi connectivity index (χ3n) is 4.25. The number of nitrogens with zero attached hydrogens (tertiary/aromatic N) is 1. The molecule has 1 aliphatic rings. The molecule has 0 fully saturated rings. The van der Waals surface area contributed by atoms with Gasteiger partial charge in [-0.25, -0.2) is 9.59 Å². The van der Waals surface area contributed by atoms with E-state index in [0.717, 1.165) is 4.90 Å². The van der Waals surface area contributed by atoms with E-state index in [4.69, 9.17) is 14.2 Å². The van der Waals surface area contributed by atoms with Crippen LogP contribution in [0.4, 0.5) is 4.39 Å². The van der Waals surface area contributed by atoms with Gasteiger partial charge in [0.1, 0.15) is 17.2 Å². The third kappa shape index (κ3) is 5.88. The van der Waals surface area contributed by atoms with Crippen LogP contribution in [0.1, 0.15) is 16.8 Å². The van der Waals surface area contributed by atoms with Gasteiger partial charge in [0.05, 0.1) is 12.2 Å². The number of benzene rings is 2. The highest BCUT2D eigenvalue weighted by molar-refractivity contribution is 6.12. The molecule has 0 N–H and O–H groups in total. The first kappa shape index (κ1) is 22.4. The molecule has 3 rings (SSSR count). The lowest BCUT2D eigenvalue weighted by molar-refractivity contribution is -0.137. The van der Waals surface area contributed by atoms with E-state index in [9.17, 15) is 23.6 Å². The van der Waals surface area contributed by atoms with Gasteiger partial charge in [-0.1, -0.05) is 6.58 Å². The molecule has 2 aromatic carbocycles. The Morgan fingerprint density at radius 2 is 1.38 bits per heavy atom. The van der Waals surface area contributed by atoms with Crippen LogP contribution >= 0.6 is 0 Å². The number of carbonyl (C=O) groups excluding carboxylic acids is 4. The molecule has 1 heterocycles. The Balaban J connectivity index is 1.45. The minimum Gasteiger partial charge on any atom is -0.494 e. The van der Waals surface area contributed by atoms with Gasteiger partial charge in [-0.05, 0) is 55.0 Å². The van der Waals surface area contributed by atoms with Gasteiger partial charge in [-0.15, -0.1) is 0 Å². The smallest absolute Gasteiger partial charge is 0.371 e. The molecular weight excluding hydrogens is 421 g/mol. The van der Waals surface area contributed by atoms with Crippen molar-refractivity contribution in [3.05, 3.63) is 78.7 Å². The Kier molecular flexibility index (Phi) is 7.12. The first-order chi connectivity index (χ1) is 15.3. The first-order valence-electron chi connectivity index (χ1n) is 9.49. The molecule has 2 amide bonds. The molecule has 9 heteroatoms. The maximum atomic E-state index is 12.7. The van der Waals surface area contributed by atoms with Crippen LogP contribution in [0.2, 0.25) is 0 Å². The fourth-order valence-electron chi connectivity index (χ4n) is 2.66. The van der Waals surface area contributed by atoms with Crippen LogP contribution in [0.15, 0.2) is 73.1 Å². The van der Waals surface area contributed by atoms with Gasteiger partial charge in [0.2, 0.25) is 5.83 Å². The molecule has 0 aromatic heterocycles. The van der Waals surface area contributed by atoms with Gasteiger partial charge in [0.25, 0.3) is 11.8 Å². The van der Waals surface area contributed by atoms with Crippen LogP contribution < -0.4 is 14.2 Å². The number of imide groups is 1. The average molecular weight is 439 g/mol. The molecule has 0 saturated carbocycles. The normalized spacial score (nSPS) is 12.6. The number of halogens is 1. The van der Waals surface area contributed by atoms with Crippen molar-refractivity contribution in [1.29, 1.82) is 0 Å². The zero-order valence-corrected chi connectivity index (χ0v) is 16.8. The summed E-state index contributed by atoms with van der Waals surface area (Å²) >= 11 is 0. The molecule has 2 aromatic rings. The number of ether oxygens (including phenoxy) is 3. The summed E-state index contributed by atoms with van der Waals surface area (Å²) in [5.41, 5.74) is 0.279. The summed E-state index contributed by atoms with van der Waals surface area (Å²) in [7, 11) is 0. The van der Waals surface area contributed by atoms with Gasteiger partial charge >= 0.3 is 11.9 Å². The van der Waals surface area contributed by atoms with Crippen LogP contribution in [0.3, 0.4) is 0 Å². The monoisotopic (exact) mass is 439 g/mol. The Bertz CT molecular complexity index is 1060. The molecule has 0 atom stereocenters. The second-order valence-electron chi connectivity index (χ2n) is 6.54. The number of rotatable bonds is 9. The molecule has 0 unspecified atom stereocenters. The second-order valence-corrected chi connectivity index (χ2v) is 6.54. The summed E-state index contributed by atoms with van der Waals surface area (Å²) in [4.78, 5) is 47.5. The average Bonchev–Trinajstić information content (AvgIpc) is 3.10. The topological polar surface area (TPSA) is 99.2 Å². The fraction of sp³-hybridized carbons (Fsp3) is 0.130. The third-order valence-corrected chi connectivity index (χ3v) is 4.25. The SMILES string of the molecule is C=C(F)C(=O)Oc1ccc(OC(=O)c2ccc(OCCCN3C(=O)C=CC3=O)cc2)cc1. The maximum absolute atomic E-state index is 12.7. The predicted octanol–water partition coefficient (Wildman–Crippen LogP) is 2.99. The number of hydrogen-bond donors (Lipinski definition) is 0. The summed E-state index contributed by atoms with van der Waals surface area (Å²) < 4.78 is 28.1. The van der Waals surface area contributed by atoms with Gasteiger partial charge in [0.15, 0.2) is 0 Å². The van der Waals surface area contributed by atoms with Crippen LogP contribution in [-0.4, -0.2) is 41.8 Å². The summed E-state index contributed by atoms with van der Waals surface area (Å²) in [5, 5.41) is 0. The van der Waals surface area contributed by atoms with Gasteiger partial charge in [0, 0.05) is 18.7 Å². The van der Waals surface area contributed by atoms with Crippen LogP contribution in [0, 0.1) is 0 Å². The fourth-order valence-corrected chi connectivity index (χ4v) is 2.66. The minimum atomic E-state index is -1.22. The highest BCUT2D eigenvalue weighted by atomic mass is 19.1. The minimum absolute atomic E-state index is 0.0739. The molecule has 0 saturated heterocycles. The lowest BCUT2D eigenvalue weighted by atomic mass is 10.2. The van der Waals surface area contributed by atoms with Crippen molar-refractivity contribution in [3.8, 4) is 17.2 Å². The van der Waals surface area contributed by atoms with Crippen molar-refractivity contribution >= 4 is 23.8 Å². The molecule has 1 aliphatic heterocycles. The molecule has 32 heavy (non-hydrogen) atoms. The Morgan fingerprint density at radius 1 is 0.844 bits per heavy atom. The molecular formula is C23H18FNO7.